The summed E-state index contributed by atoms with van der Waals surface area (Å²) in [6.45, 7) is 3.69. The average Bonchev–Trinajstić information content (AvgIpc) is 2.63. The van der Waals surface area contributed by atoms with Crippen molar-refractivity contribution in [3.05, 3.63) is 58.5 Å². The van der Waals surface area contributed by atoms with Gasteiger partial charge in [-0.05, 0) is 36.5 Å². The number of amides is 2. The maximum atomic E-state index is 12.7. The monoisotopic (exact) mass is 370 g/mol. The van der Waals surface area contributed by atoms with Gasteiger partial charge in [-0.15, -0.1) is 6.58 Å². The van der Waals surface area contributed by atoms with Crippen molar-refractivity contribution in [1.82, 2.24) is 10.2 Å². The molecule has 1 aliphatic rings. The van der Waals surface area contributed by atoms with Crippen LogP contribution in [0.5, 0.6) is 5.75 Å². The van der Waals surface area contributed by atoms with Crippen LogP contribution in [-0.2, 0) is 9.59 Å². The Morgan fingerprint density at radius 1 is 1.35 bits per heavy atom. The van der Waals surface area contributed by atoms with E-state index in [4.69, 9.17) is 21.4 Å². The lowest BCUT2D eigenvalue weighted by molar-refractivity contribution is -0.128. The molecule has 8 heteroatoms. The Bertz CT molecular complexity index is 1040. The number of fused-ring (bicyclic) bond motifs is 1. The first-order chi connectivity index (χ1) is 12.5. The van der Waals surface area contributed by atoms with E-state index < -0.39 is 11.8 Å². The zero-order valence-electron chi connectivity index (χ0n) is 13.8. The quantitative estimate of drug-likeness (QED) is 0.381. The summed E-state index contributed by atoms with van der Waals surface area (Å²) in [5, 5.41) is 2.69. The Hall–Kier alpha value is -3.26. The highest BCUT2D eigenvalue weighted by molar-refractivity contribution is 7.80. The second kappa shape index (κ2) is 6.93. The molecule has 1 aromatic heterocycles. The molecule has 26 heavy (non-hydrogen) atoms. The van der Waals surface area contributed by atoms with E-state index >= 15 is 0 Å². The maximum Gasteiger partial charge on any atom is 0.265 e. The van der Waals surface area contributed by atoms with Crippen LogP contribution >= 0.6 is 12.2 Å². The van der Waals surface area contributed by atoms with E-state index in [0.717, 1.165) is 0 Å². The van der Waals surface area contributed by atoms with Gasteiger partial charge in [0.25, 0.3) is 11.8 Å². The van der Waals surface area contributed by atoms with Crippen LogP contribution in [0.3, 0.4) is 0 Å². The number of carbonyl (C=O) groups excluding carboxylic acids is 2. The van der Waals surface area contributed by atoms with E-state index in [1.165, 1.54) is 36.5 Å². The van der Waals surface area contributed by atoms with Gasteiger partial charge in [-0.1, -0.05) is 6.08 Å². The standard InChI is InChI=1S/C18H14N2O5S/c1-3-6-20-17(23)13(16(22)19-18(20)26)7-10-9-25-14-5-4-11(24-2)8-12(14)15(10)21/h3-5,7-9H,1,6H2,2H3,(H,19,22,26)/b13-7+. The van der Waals surface area contributed by atoms with E-state index in [0.29, 0.717) is 11.3 Å². The fourth-order valence-corrected chi connectivity index (χ4v) is 2.75. The van der Waals surface area contributed by atoms with Gasteiger partial charge in [0.1, 0.15) is 23.2 Å². The molecule has 7 nitrogen and oxygen atoms in total. The van der Waals surface area contributed by atoms with Crippen LogP contribution in [0.15, 0.2) is 51.9 Å². The lowest BCUT2D eigenvalue weighted by Gasteiger charge is -2.27. The van der Waals surface area contributed by atoms with Crippen molar-refractivity contribution in [2.24, 2.45) is 0 Å². The second-order valence-electron chi connectivity index (χ2n) is 5.40. The molecule has 0 saturated carbocycles. The highest BCUT2D eigenvalue weighted by Gasteiger charge is 2.32. The van der Waals surface area contributed by atoms with E-state index in [9.17, 15) is 14.4 Å². The van der Waals surface area contributed by atoms with Crippen molar-refractivity contribution in [1.29, 1.82) is 0 Å². The highest BCUT2D eigenvalue weighted by atomic mass is 32.1. The van der Waals surface area contributed by atoms with E-state index in [1.807, 2.05) is 0 Å². The molecule has 1 N–H and O–H groups in total. The Morgan fingerprint density at radius 3 is 2.81 bits per heavy atom. The Balaban J connectivity index is 2.11. The van der Waals surface area contributed by atoms with Crippen molar-refractivity contribution >= 4 is 46.2 Å². The molecule has 2 amide bonds. The first-order valence-corrected chi connectivity index (χ1v) is 7.96. The molecule has 132 valence electrons. The summed E-state index contributed by atoms with van der Waals surface area (Å²) >= 11 is 4.98. The van der Waals surface area contributed by atoms with Gasteiger partial charge in [-0.25, -0.2) is 0 Å². The molecule has 0 atom stereocenters. The molecular formula is C18H14N2O5S. The van der Waals surface area contributed by atoms with Crippen LogP contribution in [-0.4, -0.2) is 35.5 Å². The van der Waals surface area contributed by atoms with Gasteiger partial charge in [0.2, 0.25) is 0 Å². The van der Waals surface area contributed by atoms with Crippen molar-refractivity contribution in [2.45, 2.75) is 0 Å². The molecule has 3 rings (SSSR count). The minimum Gasteiger partial charge on any atom is -0.497 e. The Morgan fingerprint density at radius 2 is 2.12 bits per heavy atom. The summed E-state index contributed by atoms with van der Waals surface area (Å²) in [5.74, 6) is -0.794. The van der Waals surface area contributed by atoms with Gasteiger partial charge < -0.3 is 9.15 Å². The van der Waals surface area contributed by atoms with Crippen molar-refractivity contribution in [3.8, 4) is 5.75 Å². The summed E-state index contributed by atoms with van der Waals surface area (Å²) in [6.07, 6.45) is 3.88. The average molecular weight is 370 g/mol. The number of nitrogens with zero attached hydrogens (tertiary/aromatic N) is 1. The molecule has 1 saturated heterocycles. The molecule has 0 bridgehead atoms. The summed E-state index contributed by atoms with van der Waals surface area (Å²) in [7, 11) is 1.48. The third-order valence-electron chi connectivity index (χ3n) is 3.80. The van der Waals surface area contributed by atoms with Crippen LogP contribution in [0, 0.1) is 0 Å². The molecule has 1 fully saturated rings. The summed E-state index contributed by atoms with van der Waals surface area (Å²) < 4.78 is 10.5. The van der Waals surface area contributed by atoms with Crippen LogP contribution in [0.2, 0.25) is 0 Å². The molecule has 1 aliphatic heterocycles. The van der Waals surface area contributed by atoms with Crippen LogP contribution < -0.4 is 15.5 Å². The van der Waals surface area contributed by atoms with Gasteiger partial charge in [0.05, 0.1) is 18.1 Å². The van der Waals surface area contributed by atoms with Gasteiger partial charge in [-0.3, -0.25) is 24.6 Å². The minimum absolute atomic E-state index is 0.00710. The topological polar surface area (TPSA) is 88.9 Å². The minimum atomic E-state index is -0.676. The number of rotatable bonds is 4. The van der Waals surface area contributed by atoms with Gasteiger partial charge in [0, 0.05) is 6.54 Å². The van der Waals surface area contributed by atoms with Gasteiger partial charge >= 0.3 is 0 Å². The molecular weight excluding hydrogens is 356 g/mol. The molecule has 2 aromatic rings. The third kappa shape index (κ3) is 3.02. The lowest BCUT2D eigenvalue weighted by Crippen LogP contribution is -2.53. The number of thiocarbonyl (C=S) groups is 1. The van der Waals surface area contributed by atoms with Crippen molar-refractivity contribution in [2.75, 3.05) is 13.7 Å². The number of nitrogens with one attached hydrogen (secondary N) is 1. The third-order valence-corrected chi connectivity index (χ3v) is 4.13. The van der Waals surface area contributed by atoms with E-state index in [1.54, 1.807) is 12.1 Å². The predicted octanol–water partition coefficient (Wildman–Crippen LogP) is 1.61. The maximum absolute atomic E-state index is 12.7. The fraction of sp³-hybridized carbons (Fsp3) is 0.111. The summed E-state index contributed by atoms with van der Waals surface area (Å²) in [4.78, 5) is 38.6. The molecule has 0 radical (unpaired) electrons. The smallest absolute Gasteiger partial charge is 0.265 e. The molecule has 0 aliphatic carbocycles. The summed E-state index contributed by atoms with van der Waals surface area (Å²) in [6, 6.07) is 4.80. The SMILES string of the molecule is C=CCN1C(=O)/C(=C/c2coc3ccc(OC)cc3c2=O)C(=O)NC1=S. The zero-order chi connectivity index (χ0) is 18.8. The highest BCUT2D eigenvalue weighted by Crippen LogP contribution is 2.20. The first kappa shape index (κ1) is 17.6. The van der Waals surface area contributed by atoms with Crippen LogP contribution in [0.1, 0.15) is 5.56 Å². The summed E-state index contributed by atoms with van der Waals surface area (Å²) in [5.41, 5.74) is -0.167. The zero-order valence-corrected chi connectivity index (χ0v) is 14.6. The van der Waals surface area contributed by atoms with Gasteiger partial charge in [-0.2, -0.15) is 0 Å². The van der Waals surface area contributed by atoms with Crippen molar-refractivity contribution in [3.63, 3.8) is 0 Å². The van der Waals surface area contributed by atoms with E-state index in [-0.39, 0.29) is 33.6 Å². The van der Waals surface area contributed by atoms with Crippen LogP contribution in [0.25, 0.3) is 17.0 Å². The van der Waals surface area contributed by atoms with Gasteiger partial charge in [0.15, 0.2) is 10.5 Å². The number of carbonyl (C=O) groups is 2. The van der Waals surface area contributed by atoms with Crippen molar-refractivity contribution < 1.29 is 18.7 Å². The normalized spacial score (nSPS) is 16.1. The molecule has 0 spiro atoms. The first-order valence-electron chi connectivity index (χ1n) is 7.55. The fourth-order valence-electron chi connectivity index (χ4n) is 2.50. The lowest BCUT2D eigenvalue weighted by atomic mass is 10.1. The largest absolute Gasteiger partial charge is 0.497 e. The number of benzene rings is 1. The number of hydrogen-bond acceptors (Lipinski definition) is 6. The number of hydrogen-bond donors (Lipinski definition) is 1. The number of ether oxygens (including phenoxy) is 1. The molecule has 2 heterocycles. The predicted molar refractivity (Wildman–Crippen MR) is 99.7 cm³/mol. The Kier molecular flexibility index (Phi) is 4.68. The van der Waals surface area contributed by atoms with Crippen LogP contribution in [0.4, 0.5) is 0 Å². The van der Waals surface area contributed by atoms with E-state index in [2.05, 4.69) is 11.9 Å². The second-order valence-corrected chi connectivity index (χ2v) is 5.79. The molecule has 1 aromatic carbocycles. The Labute approximate surface area is 153 Å². The number of methoxy groups -OCH3 is 1. The molecule has 0 unspecified atom stereocenters.